The molecule has 0 saturated carbocycles. The first-order valence-electron chi connectivity index (χ1n) is 10.3. The Bertz CT molecular complexity index is 1440. The molecule has 6 nitrogen and oxygen atoms in total. The summed E-state index contributed by atoms with van der Waals surface area (Å²) < 4.78 is 63.8. The molecule has 4 rings (SSSR count). The highest BCUT2D eigenvalue weighted by Gasteiger charge is 2.24. The molecule has 1 heterocycles. The fraction of sp³-hybridized carbons (Fsp3) is 0.0800. The Balaban J connectivity index is 1.69. The van der Waals surface area contributed by atoms with Gasteiger partial charge in [0, 0.05) is 10.6 Å². The summed E-state index contributed by atoms with van der Waals surface area (Å²) in [5, 5.41) is 0.266. The summed E-state index contributed by atoms with van der Waals surface area (Å²) in [6.07, 6.45) is 1.43. The van der Waals surface area contributed by atoms with E-state index in [2.05, 4.69) is 0 Å². The van der Waals surface area contributed by atoms with Gasteiger partial charge in [0.05, 0.1) is 24.9 Å². The Morgan fingerprint density at radius 2 is 1.69 bits per heavy atom. The third-order valence-corrected chi connectivity index (χ3v) is 6.49. The van der Waals surface area contributed by atoms with E-state index >= 15 is 0 Å². The van der Waals surface area contributed by atoms with Crippen LogP contribution in [-0.4, -0.2) is 19.2 Å². The van der Waals surface area contributed by atoms with Gasteiger partial charge in [-0.1, -0.05) is 23.7 Å². The Kier molecular flexibility index (Phi) is 7.18. The van der Waals surface area contributed by atoms with Crippen LogP contribution in [0.3, 0.4) is 0 Å². The molecule has 180 valence electrons. The molecular formula is C25H18ClF2NO5S. The van der Waals surface area contributed by atoms with Gasteiger partial charge in [-0.25, -0.2) is 8.78 Å². The van der Waals surface area contributed by atoms with Crippen molar-refractivity contribution < 1.29 is 30.6 Å². The van der Waals surface area contributed by atoms with E-state index in [1.54, 1.807) is 12.1 Å². The number of halogens is 3. The highest BCUT2D eigenvalue weighted by atomic mass is 35.5. The molecule has 10 heteroatoms. The number of nitrogens with zero attached hydrogens (tertiary/aromatic N) is 1. The molecule has 0 aliphatic heterocycles. The Morgan fingerprint density at radius 1 is 0.943 bits per heavy atom. The molecule has 0 atom stereocenters. The van der Waals surface area contributed by atoms with Crippen LogP contribution >= 0.6 is 11.6 Å². The van der Waals surface area contributed by atoms with Crippen LogP contribution in [0.2, 0.25) is 5.02 Å². The van der Waals surface area contributed by atoms with Crippen LogP contribution in [0, 0.1) is 11.6 Å². The summed E-state index contributed by atoms with van der Waals surface area (Å²) in [4.78, 5) is 14.3. The van der Waals surface area contributed by atoms with Crippen molar-refractivity contribution >= 4 is 27.6 Å². The summed E-state index contributed by atoms with van der Waals surface area (Å²) in [5.74, 6) is -1.62. The van der Waals surface area contributed by atoms with Crippen molar-refractivity contribution in [3.8, 4) is 5.75 Å². The molecule has 0 unspecified atom stereocenters. The van der Waals surface area contributed by atoms with Gasteiger partial charge in [0.15, 0.2) is 0 Å². The predicted molar refractivity (Wildman–Crippen MR) is 124 cm³/mol. The monoisotopic (exact) mass is 517 g/mol. The quantitative estimate of drug-likeness (QED) is 0.275. The van der Waals surface area contributed by atoms with Gasteiger partial charge in [-0.15, -0.1) is 0 Å². The van der Waals surface area contributed by atoms with Crippen LogP contribution in [0.4, 0.5) is 8.78 Å². The molecule has 35 heavy (non-hydrogen) atoms. The van der Waals surface area contributed by atoms with Crippen LogP contribution in [0.25, 0.3) is 0 Å². The summed E-state index contributed by atoms with van der Waals surface area (Å²) in [5.41, 5.74) is 0.0851. The summed E-state index contributed by atoms with van der Waals surface area (Å²) >= 11 is 6.14. The Morgan fingerprint density at radius 3 is 2.37 bits per heavy atom. The average molecular weight is 518 g/mol. The maximum Gasteiger partial charge on any atom is 0.339 e. The van der Waals surface area contributed by atoms with E-state index < -0.39 is 27.7 Å². The van der Waals surface area contributed by atoms with Crippen LogP contribution < -0.4 is 4.18 Å². The second-order valence-electron chi connectivity index (χ2n) is 7.46. The molecule has 0 saturated heterocycles. The van der Waals surface area contributed by atoms with Gasteiger partial charge in [-0.3, -0.25) is 4.79 Å². The minimum Gasteiger partial charge on any atom is -0.467 e. The lowest BCUT2D eigenvalue weighted by molar-refractivity contribution is 0.0712. The third kappa shape index (κ3) is 5.87. The van der Waals surface area contributed by atoms with Crippen molar-refractivity contribution in [2.24, 2.45) is 0 Å². The average Bonchev–Trinajstić information content (AvgIpc) is 3.34. The molecule has 0 bridgehead atoms. The lowest BCUT2D eigenvalue weighted by Gasteiger charge is -2.23. The van der Waals surface area contributed by atoms with Crippen molar-refractivity contribution in [3.05, 3.63) is 119 Å². The zero-order valence-electron chi connectivity index (χ0n) is 18.0. The van der Waals surface area contributed by atoms with E-state index in [4.69, 9.17) is 20.2 Å². The number of hydrogen-bond acceptors (Lipinski definition) is 5. The second-order valence-corrected chi connectivity index (χ2v) is 9.45. The zero-order chi connectivity index (χ0) is 25.0. The molecule has 0 radical (unpaired) electrons. The minimum atomic E-state index is -4.32. The van der Waals surface area contributed by atoms with E-state index in [-0.39, 0.29) is 39.9 Å². The van der Waals surface area contributed by atoms with E-state index in [1.807, 2.05) is 0 Å². The van der Waals surface area contributed by atoms with Crippen molar-refractivity contribution in [2.75, 3.05) is 0 Å². The number of rotatable bonds is 8. The number of hydrogen-bond donors (Lipinski definition) is 0. The number of carbonyl (C=O) groups is 1. The summed E-state index contributed by atoms with van der Waals surface area (Å²) in [6, 6.07) is 17.2. The number of carbonyl (C=O) groups excluding carboxylic acids is 1. The SMILES string of the molecule is O=C(c1ccccc1F)N(Cc1ccco1)Cc1cc(Cl)ccc1OS(=O)(=O)c1ccc(F)cc1. The van der Waals surface area contributed by atoms with Gasteiger partial charge in [-0.2, -0.15) is 8.42 Å². The number of furan rings is 1. The molecule has 1 aromatic heterocycles. The standard InChI is InChI=1S/C25H18ClF2NO5S/c26-18-7-12-24(34-35(31,32)21-10-8-19(27)9-11-21)17(14-18)15-29(16-20-4-3-13-33-20)25(30)22-5-1-2-6-23(22)28/h1-14H,15-16H2. The molecule has 4 aromatic rings. The van der Waals surface area contributed by atoms with Gasteiger partial charge < -0.3 is 13.5 Å². The van der Waals surface area contributed by atoms with Gasteiger partial charge in [-0.05, 0) is 66.7 Å². The first-order valence-corrected chi connectivity index (χ1v) is 12.1. The Hall–Kier alpha value is -3.69. The van der Waals surface area contributed by atoms with Crippen LogP contribution in [0.5, 0.6) is 5.75 Å². The fourth-order valence-electron chi connectivity index (χ4n) is 3.32. The summed E-state index contributed by atoms with van der Waals surface area (Å²) in [7, 11) is -4.32. The molecule has 0 spiro atoms. The molecule has 0 fully saturated rings. The zero-order valence-corrected chi connectivity index (χ0v) is 19.6. The smallest absolute Gasteiger partial charge is 0.339 e. The van der Waals surface area contributed by atoms with Gasteiger partial charge in [0.1, 0.15) is 28.0 Å². The fourth-order valence-corrected chi connectivity index (χ4v) is 4.48. The van der Waals surface area contributed by atoms with E-state index in [9.17, 15) is 22.0 Å². The first kappa shape index (κ1) is 24.4. The highest BCUT2D eigenvalue weighted by molar-refractivity contribution is 7.87. The molecule has 0 aliphatic rings. The van der Waals surface area contributed by atoms with Gasteiger partial charge in [0.2, 0.25) is 0 Å². The summed E-state index contributed by atoms with van der Waals surface area (Å²) in [6.45, 7) is -0.209. The highest BCUT2D eigenvalue weighted by Crippen LogP contribution is 2.29. The topological polar surface area (TPSA) is 76.8 Å². The van der Waals surface area contributed by atoms with E-state index in [1.165, 1.54) is 53.6 Å². The van der Waals surface area contributed by atoms with Crippen LogP contribution in [-0.2, 0) is 23.2 Å². The minimum absolute atomic E-state index is 0.0309. The van der Waals surface area contributed by atoms with Crippen molar-refractivity contribution in [1.29, 1.82) is 0 Å². The van der Waals surface area contributed by atoms with E-state index in [0.717, 1.165) is 24.3 Å². The lowest BCUT2D eigenvalue weighted by atomic mass is 10.1. The Labute approximate surface area is 205 Å². The largest absolute Gasteiger partial charge is 0.467 e. The van der Waals surface area contributed by atoms with Crippen molar-refractivity contribution in [1.82, 2.24) is 4.90 Å². The number of amides is 1. The van der Waals surface area contributed by atoms with Crippen LogP contribution in [0.1, 0.15) is 21.7 Å². The normalized spacial score (nSPS) is 11.3. The van der Waals surface area contributed by atoms with Crippen LogP contribution in [0.15, 0.2) is 94.4 Å². The van der Waals surface area contributed by atoms with Crippen molar-refractivity contribution in [2.45, 2.75) is 18.0 Å². The second kappa shape index (κ2) is 10.3. The lowest BCUT2D eigenvalue weighted by Crippen LogP contribution is -2.31. The molecule has 0 aliphatic carbocycles. The molecular weight excluding hydrogens is 500 g/mol. The first-order chi connectivity index (χ1) is 16.7. The molecule has 0 N–H and O–H groups in total. The van der Waals surface area contributed by atoms with E-state index in [0.29, 0.717) is 5.76 Å². The van der Waals surface area contributed by atoms with Gasteiger partial charge in [0.25, 0.3) is 5.91 Å². The number of benzene rings is 3. The predicted octanol–water partition coefficient (Wildman–Crippen LogP) is 5.82. The van der Waals surface area contributed by atoms with Crippen molar-refractivity contribution in [3.63, 3.8) is 0 Å². The third-order valence-electron chi connectivity index (χ3n) is 5.00. The van der Waals surface area contributed by atoms with Gasteiger partial charge >= 0.3 is 10.1 Å². The maximum absolute atomic E-state index is 14.4. The maximum atomic E-state index is 14.4. The molecule has 3 aromatic carbocycles. The molecule has 1 amide bonds.